The molecule has 2 N–H and O–H groups in total. The standard InChI is InChI=1S/C22H30N4O2.ClH/c27-22(21-11-13-26(25-21)19-8-5-12-23-15-19)24-18-7-4-6-17(14-18)16-28-20-9-2-1-3-10-20;/h4,6-7,11,13-14,19-20,23H,1-3,5,8-10,12,15-16H2,(H,24,27);1H. The number of hydrogen-bond acceptors (Lipinski definition) is 4. The van der Waals surface area contributed by atoms with Gasteiger partial charge in [-0.3, -0.25) is 9.48 Å². The molecule has 2 aromatic rings. The number of carbonyl (C=O) groups is 1. The van der Waals surface area contributed by atoms with Crippen LogP contribution in [0.1, 0.15) is 67.0 Å². The van der Waals surface area contributed by atoms with Crippen LogP contribution < -0.4 is 10.6 Å². The number of ether oxygens (including phenoxy) is 1. The molecule has 1 saturated heterocycles. The molecule has 7 heteroatoms. The van der Waals surface area contributed by atoms with Crippen LogP contribution in [0.3, 0.4) is 0 Å². The fourth-order valence-electron chi connectivity index (χ4n) is 4.10. The van der Waals surface area contributed by atoms with Gasteiger partial charge in [-0.2, -0.15) is 5.10 Å². The van der Waals surface area contributed by atoms with Gasteiger partial charge in [0.2, 0.25) is 0 Å². The van der Waals surface area contributed by atoms with E-state index in [-0.39, 0.29) is 18.3 Å². The fraction of sp³-hybridized carbons (Fsp3) is 0.545. The lowest BCUT2D eigenvalue weighted by molar-refractivity contribution is 0.0169. The van der Waals surface area contributed by atoms with E-state index < -0.39 is 0 Å². The molecule has 2 fully saturated rings. The predicted octanol–water partition coefficient (Wildman–Crippen LogP) is 4.33. The number of rotatable bonds is 6. The molecule has 1 unspecified atom stereocenters. The monoisotopic (exact) mass is 418 g/mol. The third kappa shape index (κ3) is 6.04. The highest BCUT2D eigenvalue weighted by Crippen LogP contribution is 2.22. The van der Waals surface area contributed by atoms with E-state index in [4.69, 9.17) is 4.74 Å². The number of anilines is 1. The van der Waals surface area contributed by atoms with Crippen LogP contribution in [0.5, 0.6) is 0 Å². The second-order valence-electron chi connectivity index (χ2n) is 7.91. The van der Waals surface area contributed by atoms with E-state index in [0.717, 1.165) is 50.0 Å². The van der Waals surface area contributed by atoms with Crippen molar-refractivity contribution in [3.05, 3.63) is 47.8 Å². The number of carbonyl (C=O) groups excluding carboxylic acids is 1. The molecule has 1 aromatic heterocycles. The third-order valence-corrected chi connectivity index (χ3v) is 5.71. The van der Waals surface area contributed by atoms with Crippen molar-refractivity contribution >= 4 is 24.0 Å². The minimum Gasteiger partial charge on any atom is -0.374 e. The van der Waals surface area contributed by atoms with Gasteiger partial charge in [-0.15, -0.1) is 12.4 Å². The molecule has 0 bridgehead atoms. The number of nitrogens with one attached hydrogen (secondary N) is 2. The molecule has 158 valence electrons. The smallest absolute Gasteiger partial charge is 0.276 e. The van der Waals surface area contributed by atoms with Gasteiger partial charge in [0.15, 0.2) is 5.69 Å². The number of aromatic nitrogens is 2. The topological polar surface area (TPSA) is 68.2 Å². The summed E-state index contributed by atoms with van der Waals surface area (Å²) in [7, 11) is 0. The zero-order valence-electron chi connectivity index (χ0n) is 16.8. The highest BCUT2D eigenvalue weighted by Gasteiger charge is 2.18. The van der Waals surface area contributed by atoms with Gasteiger partial charge in [-0.25, -0.2) is 0 Å². The molecule has 1 aliphatic heterocycles. The minimum absolute atomic E-state index is 0. The number of hydrogen-bond donors (Lipinski definition) is 2. The van der Waals surface area contributed by atoms with Crippen molar-refractivity contribution in [3.63, 3.8) is 0 Å². The van der Waals surface area contributed by atoms with Crippen LogP contribution in [0, 0.1) is 0 Å². The molecule has 1 aliphatic carbocycles. The highest BCUT2D eigenvalue weighted by molar-refractivity contribution is 6.02. The van der Waals surface area contributed by atoms with Gasteiger partial charge in [0.25, 0.3) is 5.91 Å². The molecule has 0 spiro atoms. The van der Waals surface area contributed by atoms with Gasteiger partial charge in [-0.05, 0) is 56.0 Å². The lowest BCUT2D eigenvalue weighted by Gasteiger charge is -2.22. The Balaban J connectivity index is 0.00000240. The maximum Gasteiger partial charge on any atom is 0.276 e. The summed E-state index contributed by atoms with van der Waals surface area (Å²) in [5.74, 6) is -0.173. The summed E-state index contributed by atoms with van der Waals surface area (Å²) < 4.78 is 7.96. The van der Waals surface area contributed by atoms with Crippen LogP contribution in [0.25, 0.3) is 0 Å². The van der Waals surface area contributed by atoms with Gasteiger partial charge in [-0.1, -0.05) is 31.4 Å². The molecule has 2 aliphatic rings. The van der Waals surface area contributed by atoms with E-state index >= 15 is 0 Å². The summed E-state index contributed by atoms with van der Waals surface area (Å²) in [6.45, 7) is 2.56. The molecule has 1 aromatic carbocycles. The Hall–Kier alpha value is -1.89. The molecule has 1 saturated carbocycles. The van der Waals surface area contributed by atoms with Crippen molar-refractivity contribution in [1.29, 1.82) is 0 Å². The number of piperidine rings is 1. The Morgan fingerprint density at radius 3 is 2.83 bits per heavy atom. The number of halogens is 1. The van der Waals surface area contributed by atoms with E-state index in [1.54, 1.807) is 6.07 Å². The zero-order valence-corrected chi connectivity index (χ0v) is 17.6. The number of nitrogens with zero attached hydrogens (tertiary/aromatic N) is 2. The second-order valence-corrected chi connectivity index (χ2v) is 7.91. The average molecular weight is 419 g/mol. The summed E-state index contributed by atoms with van der Waals surface area (Å²) in [6.07, 6.45) is 10.7. The Morgan fingerprint density at radius 2 is 2.03 bits per heavy atom. The van der Waals surface area contributed by atoms with Gasteiger partial charge >= 0.3 is 0 Å². The average Bonchev–Trinajstić information content (AvgIpc) is 3.25. The minimum atomic E-state index is -0.173. The summed E-state index contributed by atoms with van der Waals surface area (Å²) in [5, 5.41) is 10.8. The van der Waals surface area contributed by atoms with Crippen molar-refractivity contribution in [2.24, 2.45) is 0 Å². The van der Waals surface area contributed by atoms with Crippen LogP contribution in [0.4, 0.5) is 5.69 Å². The van der Waals surface area contributed by atoms with Crippen molar-refractivity contribution in [2.75, 3.05) is 18.4 Å². The summed E-state index contributed by atoms with van der Waals surface area (Å²) in [4.78, 5) is 12.6. The normalized spacial score (nSPS) is 20.1. The lowest BCUT2D eigenvalue weighted by atomic mass is 9.98. The molecule has 1 amide bonds. The first kappa shape index (κ1) is 21.8. The summed E-state index contributed by atoms with van der Waals surface area (Å²) in [6, 6.07) is 10.0. The number of amides is 1. The maximum absolute atomic E-state index is 12.6. The molecule has 4 rings (SSSR count). The predicted molar refractivity (Wildman–Crippen MR) is 117 cm³/mol. The van der Waals surface area contributed by atoms with Gasteiger partial charge < -0.3 is 15.4 Å². The van der Waals surface area contributed by atoms with E-state index in [0.29, 0.717) is 24.4 Å². The van der Waals surface area contributed by atoms with Crippen LogP contribution in [-0.2, 0) is 11.3 Å². The quantitative estimate of drug-likeness (QED) is 0.732. The first-order valence-corrected chi connectivity index (χ1v) is 10.6. The van der Waals surface area contributed by atoms with E-state index in [1.165, 1.54) is 19.3 Å². The van der Waals surface area contributed by atoms with Crippen molar-refractivity contribution in [2.45, 2.75) is 63.7 Å². The van der Waals surface area contributed by atoms with E-state index in [1.807, 2.05) is 35.1 Å². The largest absolute Gasteiger partial charge is 0.374 e. The maximum atomic E-state index is 12.6. The van der Waals surface area contributed by atoms with Crippen LogP contribution in [0.15, 0.2) is 36.5 Å². The van der Waals surface area contributed by atoms with Gasteiger partial charge in [0.1, 0.15) is 0 Å². The van der Waals surface area contributed by atoms with Crippen LogP contribution in [-0.4, -0.2) is 34.9 Å². The van der Waals surface area contributed by atoms with Crippen LogP contribution >= 0.6 is 12.4 Å². The molecule has 6 nitrogen and oxygen atoms in total. The molecular formula is C22H31ClN4O2. The Morgan fingerprint density at radius 1 is 1.17 bits per heavy atom. The number of benzene rings is 1. The summed E-state index contributed by atoms with van der Waals surface area (Å²) >= 11 is 0. The second kappa shape index (κ2) is 10.8. The van der Waals surface area contributed by atoms with Crippen molar-refractivity contribution in [3.8, 4) is 0 Å². The fourth-order valence-corrected chi connectivity index (χ4v) is 4.10. The summed E-state index contributed by atoms with van der Waals surface area (Å²) in [5.41, 5.74) is 2.32. The first-order valence-electron chi connectivity index (χ1n) is 10.6. The van der Waals surface area contributed by atoms with Gasteiger partial charge in [0, 0.05) is 18.4 Å². The van der Waals surface area contributed by atoms with Crippen molar-refractivity contribution in [1.82, 2.24) is 15.1 Å². The zero-order chi connectivity index (χ0) is 19.2. The SMILES string of the molecule is Cl.O=C(Nc1cccc(COC2CCCCC2)c1)c1ccn(C2CCCNC2)n1. The Labute approximate surface area is 178 Å². The Kier molecular flexibility index (Phi) is 8.09. The Bertz CT molecular complexity index is 783. The molecule has 2 heterocycles. The van der Waals surface area contributed by atoms with Gasteiger partial charge in [0.05, 0.1) is 18.8 Å². The molecule has 1 atom stereocenters. The molecule has 0 radical (unpaired) electrons. The third-order valence-electron chi connectivity index (χ3n) is 5.71. The first-order chi connectivity index (χ1) is 13.8. The van der Waals surface area contributed by atoms with E-state index in [2.05, 4.69) is 15.7 Å². The lowest BCUT2D eigenvalue weighted by Crippen LogP contribution is -2.32. The molecule has 29 heavy (non-hydrogen) atoms. The van der Waals surface area contributed by atoms with Crippen LogP contribution in [0.2, 0.25) is 0 Å². The van der Waals surface area contributed by atoms with E-state index in [9.17, 15) is 4.79 Å². The molecular weight excluding hydrogens is 388 g/mol. The highest BCUT2D eigenvalue weighted by atomic mass is 35.5. The van der Waals surface area contributed by atoms with Crippen molar-refractivity contribution < 1.29 is 9.53 Å².